The highest BCUT2D eigenvalue weighted by Gasteiger charge is 2.75. The van der Waals surface area contributed by atoms with Crippen LogP contribution in [-0.2, 0) is 14.2 Å². The zero-order chi connectivity index (χ0) is 21.3. The highest BCUT2D eigenvalue weighted by Crippen LogP contribution is 2.55. The van der Waals surface area contributed by atoms with Crippen LogP contribution in [0.1, 0.15) is 62.1 Å². The van der Waals surface area contributed by atoms with E-state index in [9.17, 15) is 0 Å². The van der Waals surface area contributed by atoms with Crippen LogP contribution in [0.2, 0.25) is 45.8 Å². The number of hydrogen-bond acceptors (Lipinski definition) is 3. The third kappa shape index (κ3) is 3.58. The molecule has 3 nitrogen and oxygen atoms in total. The molecule has 0 aromatic heterocycles. The Labute approximate surface area is 190 Å². The molecule has 3 atom stereocenters. The van der Waals surface area contributed by atoms with Crippen LogP contribution < -0.4 is 0 Å². The van der Waals surface area contributed by atoms with Gasteiger partial charge in [0.15, 0.2) is 0 Å². The van der Waals surface area contributed by atoms with Gasteiger partial charge in [-0.25, -0.2) is 0 Å². The van der Waals surface area contributed by atoms with Gasteiger partial charge in [-0.15, -0.1) is 0 Å². The second-order valence-corrected chi connectivity index (χ2v) is 27.4. The van der Waals surface area contributed by atoms with Crippen LogP contribution in [0.5, 0.6) is 0 Å². The summed E-state index contributed by atoms with van der Waals surface area (Å²) < 4.78 is 21.5. The van der Waals surface area contributed by atoms with Crippen LogP contribution in [-0.4, -0.2) is 68.8 Å². The summed E-state index contributed by atoms with van der Waals surface area (Å²) >= 11 is 0. The second-order valence-electron chi connectivity index (χ2n) is 11.2. The van der Waals surface area contributed by atoms with Crippen molar-refractivity contribution in [1.82, 2.24) is 0 Å². The molecule has 3 fully saturated rings. The lowest BCUT2D eigenvalue weighted by Gasteiger charge is -2.69. The molecule has 0 amide bonds. The normalized spacial score (nSPS) is 39.1. The van der Waals surface area contributed by atoms with Gasteiger partial charge in [0.2, 0.25) is 0 Å². The van der Waals surface area contributed by atoms with Crippen LogP contribution >= 0.6 is 0 Å². The zero-order valence-electron chi connectivity index (χ0n) is 23.4. The third-order valence-electron chi connectivity index (χ3n) is 9.24. The molecule has 3 rings (SSSR count). The van der Waals surface area contributed by atoms with Crippen LogP contribution in [0.15, 0.2) is 0 Å². The number of hydrogen-bond donors (Lipinski definition) is 0. The second kappa shape index (κ2) is 9.31. The first-order valence-corrected chi connectivity index (χ1v) is 23.8. The first kappa shape index (κ1) is 24.4. The fourth-order valence-electron chi connectivity index (χ4n) is 7.80. The molecule has 0 aromatic rings. The molecule has 3 aliphatic heterocycles. The van der Waals surface area contributed by atoms with Crippen molar-refractivity contribution in [2.45, 2.75) is 118 Å². The lowest BCUT2D eigenvalue weighted by molar-refractivity contribution is -0.0433. The lowest BCUT2D eigenvalue weighted by atomic mass is 10.2. The van der Waals surface area contributed by atoms with Crippen molar-refractivity contribution >= 4 is 34.5 Å². The Morgan fingerprint density at radius 2 is 0.828 bits per heavy atom. The molecule has 3 aliphatic rings. The maximum Gasteiger partial charge on any atom is 1.00 e. The molecule has 3 heterocycles. The molecule has 0 saturated carbocycles. The van der Waals surface area contributed by atoms with Gasteiger partial charge in [-0.3, -0.25) is 0 Å². The standard InChI is InChI=1S/C22H48O3Si4/c1-26(2)20(14-8-11-17-23-20)29(7,21(27(3)4)15-9-12-18-24-21)22(28(5)6)16-10-13-19-25-22/h26-28H,8-19H2,1-7H3/p+3. The van der Waals surface area contributed by atoms with Gasteiger partial charge in [-0.1, -0.05) is 45.8 Å². The Hall–Kier alpha value is 0.748. The van der Waals surface area contributed by atoms with E-state index in [1.807, 2.05) is 0 Å². The van der Waals surface area contributed by atoms with Gasteiger partial charge in [0.05, 0.1) is 40.9 Å². The van der Waals surface area contributed by atoms with Gasteiger partial charge in [-0.2, -0.15) is 0 Å². The van der Waals surface area contributed by atoms with Gasteiger partial charge >= 0.3 is 4.28 Å². The molecular weight excluding hydrogens is 425 g/mol. The average Bonchev–Trinajstić information content (AvgIpc) is 2.74. The summed E-state index contributed by atoms with van der Waals surface area (Å²) in [7, 11) is -5.47. The summed E-state index contributed by atoms with van der Waals surface area (Å²) in [6, 6.07) is 0. The molecule has 29 heavy (non-hydrogen) atoms. The van der Waals surface area contributed by atoms with Crippen LogP contribution in [0, 0.1) is 0 Å². The van der Waals surface area contributed by atoms with Gasteiger partial charge < -0.3 is 14.2 Å². The quantitative estimate of drug-likeness (QED) is 0.510. The van der Waals surface area contributed by atoms with Gasteiger partial charge in [0.25, 0.3) is 0 Å². The fraction of sp³-hybridized carbons (Fsp3) is 1.00. The predicted octanol–water partition coefficient (Wildman–Crippen LogP) is 4.92. The van der Waals surface area contributed by atoms with Crippen molar-refractivity contribution < 1.29 is 18.5 Å². The molecule has 0 aliphatic carbocycles. The van der Waals surface area contributed by atoms with E-state index >= 15 is 0 Å². The Kier molecular flexibility index (Phi) is 7.83. The van der Waals surface area contributed by atoms with E-state index in [1.54, 1.807) is 0 Å². The maximum absolute atomic E-state index is 7.16. The van der Waals surface area contributed by atoms with Crippen LogP contribution in [0.3, 0.4) is 0 Å². The molecule has 3 saturated heterocycles. The fourth-order valence-corrected chi connectivity index (χ4v) is 36.6. The molecule has 0 bridgehead atoms. The predicted molar refractivity (Wildman–Crippen MR) is 139 cm³/mol. The molecule has 0 spiro atoms. The van der Waals surface area contributed by atoms with E-state index in [1.165, 1.54) is 57.8 Å². The van der Waals surface area contributed by atoms with Crippen molar-refractivity contribution in [3.05, 3.63) is 0 Å². The van der Waals surface area contributed by atoms with Gasteiger partial charge in [0, 0.05) is 19.8 Å². The highest BCUT2D eigenvalue weighted by molar-refractivity contribution is 7.08. The topological polar surface area (TPSA) is 27.7 Å². The minimum atomic E-state index is -2.17. The summed E-state index contributed by atoms with van der Waals surface area (Å²) in [5.74, 6) is 0. The monoisotopic (exact) mass is 475 g/mol. The Balaban J connectivity index is 0.00000320. The first-order chi connectivity index (χ1) is 13.7. The summed E-state index contributed by atoms with van der Waals surface area (Å²) in [4.78, 5) is 0.400. The smallest absolute Gasteiger partial charge is 0.382 e. The Morgan fingerprint density at radius 1 is 0.552 bits per heavy atom. The number of ether oxygens (including phenoxy) is 3. The molecule has 170 valence electrons. The van der Waals surface area contributed by atoms with E-state index in [0.717, 1.165) is 19.8 Å². The van der Waals surface area contributed by atoms with Crippen LogP contribution in [0.4, 0.5) is 0 Å². The van der Waals surface area contributed by atoms with Gasteiger partial charge in [0.1, 0.15) is 8.07 Å². The minimum Gasteiger partial charge on any atom is -0.382 e. The van der Waals surface area contributed by atoms with E-state index < -0.39 is 34.5 Å². The zero-order valence-corrected chi connectivity index (χ0v) is 24.9. The van der Waals surface area contributed by atoms with Crippen molar-refractivity contribution in [3.8, 4) is 0 Å². The Bertz CT molecular complexity index is 474. The van der Waals surface area contributed by atoms with Crippen LogP contribution in [0.25, 0.3) is 0 Å². The van der Waals surface area contributed by atoms with E-state index in [0.29, 0.717) is 0 Å². The SMILES string of the molecule is C[SiH](C)C1([Si](C)(C2([SiH](C)C)CCCCO2)C2([SiH](C)C)CCCCO2)CCCCO1.[H+].[H+].[H+]. The molecule has 3 unspecified atom stereocenters. The van der Waals surface area contributed by atoms with E-state index in [2.05, 4.69) is 45.8 Å². The maximum atomic E-state index is 7.16. The number of rotatable bonds is 6. The van der Waals surface area contributed by atoms with E-state index in [-0.39, 0.29) is 18.8 Å². The molecule has 7 heteroatoms. The average molecular weight is 476 g/mol. The molecular formula is C22H51O3Si4+3. The van der Waals surface area contributed by atoms with Crippen molar-refractivity contribution in [2.24, 2.45) is 0 Å². The summed E-state index contributed by atoms with van der Waals surface area (Å²) in [5.41, 5.74) is 0. The van der Waals surface area contributed by atoms with Crippen molar-refractivity contribution in [1.29, 1.82) is 0 Å². The van der Waals surface area contributed by atoms with Crippen molar-refractivity contribution in [3.63, 3.8) is 0 Å². The highest BCUT2D eigenvalue weighted by atomic mass is 28.4. The summed E-state index contributed by atoms with van der Waals surface area (Å²) in [6.45, 7) is 21.2. The first-order valence-electron chi connectivity index (χ1n) is 12.6. The lowest BCUT2D eigenvalue weighted by Crippen LogP contribution is -2.90. The molecule has 0 aromatic carbocycles. The molecule has 0 radical (unpaired) electrons. The summed E-state index contributed by atoms with van der Waals surface area (Å²) in [6.07, 6.45) is 11.6. The minimum absolute atomic E-state index is 0. The summed E-state index contributed by atoms with van der Waals surface area (Å²) in [5, 5.41) is 0. The van der Waals surface area contributed by atoms with Gasteiger partial charge in [-0.05, 0) is 57.8 Å². The molecule has 0 N–H and O–H groups in total. The van der Waals surface area contributed by atoms with Crippen molar-refractivity contribution in [2.75, 3.05) is 19.8 Å². The third-order valence-corrected chi connectivity index (χ3v) is 32.9. The van der Waals surface area contributed by atoms with E-state index in [4.69, 9.17) is 14.2 Å². The largest absolute Gasteiger partial charge is 1.00 e. The Morgan fingerprint density at radius 3 is 1.00 bits per heavy atom.